The minimum Gasteiger partial charge on any atom is -0.353 e. The molecule has 2 amide bonds. The SMILES string of the molecule is CC[C@H]1SC[C@@H](C(=O)NCCN(C)C)N1C(=O)c1ccc(Cl)cc1Cl. The average Bonchev–Trinajstić information content (AvgIpc) is 2.97. The molecule has 1 fully saturated rings. The molecule has 1 saturated heterocycles. The highest BCUT2D eigenvalue weighted by Crippen LogP contribution is 2.34. The second kappa shape index (κ2) is 9.12. The lowest BCUT2D eigenvalue weighted by atomic mass is 10.1. The van der Waals surface area contributed by atoms with Crippen molar-refractivity contribution in [2.75, 3.05) is 32.9 Å². The molecule has 5 nitrogen and oxygen atoms in total. The Hall–Kier alpha value is -0.950. The van der Waals surface area contributed by atoms with Crippen molar-refractivity contribution in [1.82, 2.24) is 15.1 Å². The number of rotatable bonds is 6. The molecule has 0 bridgehead atoms. The summed E-state index contributed by atoms with van der Waals surface area (Å²) in [5.41, 5.74) is 0.373. The van der Waals surface area contributed by atoms with Crippen molar-refractivity contribution in [3.63, 3.8) is 0 Å². The first kappa shape index (κ1) is 20.4. The number of carbonyl (C=O) groups is 2. The van der Waals surface area contributed by atoms with E-state index in [2.05, 4.69) is 5.32 Å². The van der Waals surface area contributed by atoms with Gasteiger partial charge in [-0.1, -0.05) is 30.1 Å². The van der Waals surface area contributed by atoms with E-state index < -0.39 is 6.04 Å². The van der Waals surface area contributed by atoms with E-state index in [1.165, 1.54) is 0 Å². The lowest BCUT2D eigenvalue weighted by Crippen LogP contribution is -2.50. The maximum absolute atomic E-state index is 13.0. The average molecular weight is 404 g/mol. The second-order valence-electron chi connectivity index (χ2n) is 6.14. The van der Waals surface area contributed by atoms with Gasteiger partial charge in [0.15, 0.2) is 0 Å². The Kier molecular flexibility index (Phi) is 7.43. The third-order valence-corrected chi connectivity index (χ3v) is 6.00. The summed E-state index contributed by atoms with van der Waals surface area (Å²) in [6, 6.07) is 4.31. The summed E-state index contributed by atoms with van der Waals surface area (Å²) < 4.78 is 0. The molecule has 0 radical (unpaired) electrons. The van der Waals surface area contributed by atoms with E-state index in [1.54, 1.807) is 34.9 Å². The molecule has 1 aliphatic rings. The molecule has 0 saturated carbocycles. The zero-order chi connectivity index (χ0) is 18.6. The van der Waals surface area contributed by atoms with Crippen molar-refractivity contribution < 1.29 is 9.59 Å². The molecule has 1 N–H and O–H groups in total. The summed E-state index contributed by atoms with van der Waals surface area (Å²) in [5.74, 6) is 0.235. The maximum Gasteiger partial charge on any atom is 0.256 e. The predicted molar refractivity (Wildman–Crippen MR) is 105 cm³/mol. The van der Waals surface area contributed by atoms with Crippen molar-refractivity contribution in [3.05, 3.63) is 33.8 Å². The van der Waals surface area contributed by atoms with Crippen LogP contribution in [0, 0.1) is 0 Å². The quantitative estimate of drug-likeness (QED) is 0.792. The Balaban J connectivity index is 2.18. The molecule has 1 heterocycles. The topological polar surface area (TPSA) is 52.7 Å². The van der Waals surface area contributed by atoms with Gasteiger partial charge in [-0.2, -0.15) is 0 Å². The zero-order valence-corrected chi connectivity index (χ0v) is 16.9. The molecule has 0 aromatic heterocycles. The van der Waals surface area contributed by atoms with Gasteiger partial charge in [0.1, 0.15) is 6.04 Å². The van der Waals surface area contributed by atoms with Gasteiger partial charge < -0.3 is 15.1 Å². The number of hydrogen-bond donors (Lipinski definition) is 1. The van der Waals surface area contributed by atoms with Crippen LogP contribution in [0.25, 0.3) is 0 Å². The molecule has 25 heavy (non-hydrogen) atoms. The summed E-state index contributed by atoms with van der Waals surface area (Å²) in [6.45, 7) is 3.31. The summed E-state index contributed by atoms with van der Waals surface area (Å²) in [7, 11) is 3.89. The molecule has 1 aromatic carbocycles. The van der Waals surface area contributed by atoms with Crippen LogP contribution in [0.2, 0.25) is 10.0 Å². The third-order valence-electron chi connectivity index (χ3n) is 4.00. The van der Waals surface area contributed by atoms with Crippen molar-refractivity contribution >= 4 is 46.8 Å². The molecule has 0 aliphatic carbocycles. The van der Waals surface area contributed by atoms with Gasteiger partial charge in [-0.05, 0) is 38.7 Å². The standard InChI is InChI=1S/C17H23Cl2N3O2S/c1-4-15-22(17(24)12-6-5-11(18)9-13(12)19)14(10-25-15)16(23)20-7-8-21(2)3/h5-6,9,14-15H,4,7-8,10H2,1-3H3,(H,20,23)/t14-,15+/m0/s1. The van der Waals surface area contributed by atoms with Crippen LogP contribution in [0.5, 0.6) is 0 Å². The lowest BCUT2D eigenvalue weighted by molar-refractivity contribution is -0.124. The molecular weight excluding hydrogens is 381 g/mol. The van der Waals surface area contributed by atoms with Crippen LogP contribution in [0.3, 0.4) is 0 Å². The van der Waals surface area contributed by atoms with Gasteiger partial charge in [-0.15, -0.1) is 11.8 Å². The minimum absolute atomic E-state index is 0.0381. The molecule has 2 atom stereocenters. The van der Waals surface area contributed by atoms with Crippen molar-refractivity contribution in [2.45, 2.75) is 24.8 Å². The summed E-state index contributed by atoms with van der Waals surface area (Å²) in [5, 5.41) is 3.66. The fraction of sp³-hybridized carbons (Fsp3) is 0.529. The first-order valence-corrected chi connectivity index (χ1v) is 9.97. The van der Waals surface area contributed by atoms with Crippen LogP contribution in [0.15, 0.2) is 18.2 Å². The van der Waals surface area contributed by atoms with Gasteiger partial charge >= 0.3 is 0 Å². The van der Waals surface area contributed by atoms with Crippen LogP contribution < -0.4 is 5.32 Å². The van der Waals surface area contributed by atoms with Gasteiger partial charge in [0.2, 0.25) is 5.91 Å². The first-order valence-electron chi connectivity index (χ1n) is 8.17. The highest BCUT2D eigenvalue weighted by molar-refractivity contribution is 8.00. The number of nitrogens with one attached hydrogen (secondary N) is 1. The summed E-state index contributed by atoms with van der Waals surface area (Å²) in [4.78, 5) is 29.3. The summed E-state index contributed by atoms with van der Waals surface area (Å²) >= 11 is 13.7. The van der Waals surface area contributed by atoms with Gasteiger partial charge in [-0.25, -0.2) is 0 Å². The van der Waals surface area contributed by atoms with E-state index in [-0.39, 0.29) is 17.2 Å². The van der Waals surface area contributed by atoms with E-state index in [4.69, 9.17) is 23.2 Å². The van der Waals surface area contributed by atoms with E-state index in [1.807, 2.05) is 25.9 Å². The Morgan fingerprint density at radius 2 is 2.08 bits per heavy atom. The molecule has 0 spiro atoms. The van der Waals surface area contributed by atoms with Crippen LogP contribution in [-0.2, 0) is 4.79 Å². The monoisotopic (exact) mass is 403 g/mol. The van der Waals surface area contributed by atoms with Crippen LogP contribution in [0.4, 0.5) is 0 Å². The Morgan fingerprint density at radius 1 is 1.36 bits per heavy atom. The Bertz CT molecular complexity index is 642. The Labute approximate surface area is 163 Å². The molecular formula is C17H23Cl2N3O2S. The van der Waals surface area contributed by atoms with E-state index in [0.717, 1.165) is 13.0 Å². The number of halogens is 2. The highest BCUT2D eigenvalue weighted by atomic mass is 35.5. The molecule has 138 valence electrons. The van der Waals surface area contributed by atoms with Gasteiger partial charge in [0.25, 0.3) is 5.91 Å². The number of thioether (sulfide) groups is 1. The fourth-order valence-corrected chi connectivity index (χ4v) is 4.52. The van der Waals surface area contributed by atoms with Gasteiger partial charge in [-0.3, -0.25) is 9.59 Å². The lowest BCUT2D eigenvalue weighted by Gasteiger charge is -2.28. The van der Waals surface area contributed by atoms with Crippen LogP contribution in [-0.4, -0.2) is 66.0 Å². The van der Waals surface area contributed by atoms with Crippen molar-refractivity contribution in [3.8, 4) is 0 Å². The first-order chi connectivity index (χ1) is 11.8. The highest BCUT2D eigenvalue weighted by Gasteiger charge is 2.41. The van der Waals surface area contributed by atoms with Crippen molar-refractivity contribution in [1.29, 1.82) is 0 Å². The number of amides is 2. The van der Waals surface area contributed by atoms with E-state index >= 15 is 0 Å². The molecule has 8 heteroatoms. The van der Waals surface area contributed by atoms with Crippen LogP contribution in [0.1, 0.15) is 23.7 Å². The smallest absolute Gasteiger partial charge is 0.256 e. The minimum atomic E-state index is -0.489. The number of carbonyl (C=O) groups excluding carboxylic acids is 2. The summed E-state index contributed by atoms with van der Waals surface area (Å²) in [6.07, 6.45) is 0.767. The van der Waals surface area contributed by atoms with Gasteiger partial charge in [0.05, 0.1) is 16.0 Å². The predicted octanol–water partition coefficient (Wildman–Crippen LogP) is 2.96. The number of benzene rings is 1. The fourth-order valence-electron chi connectivity index (χ4n) is 2.67. The molecule has 2 rings (SSSR count). The van der Waals surface area contributed by atoms with Gasteiger partial charge in [0, 0.05) is 23.9 Å². The van der Waals surface area contributed by atoms with Crippen LogP contribution >= 0.6 is 35.0 Å². The third kappa shape index (κ3) is 5.03. The zero-order valence-electron chi connectivity index (χ0n) is 14.6. The Morgan fingerprint density at radius 3 is 2.68 bits per heavy atom. The van der Waals surface area contributed by atoms with E-state index in [9.17, 15) is 9.59 Å². The molecule has 1 aliphatic heterocycles. The largest absolute Gasteiger partial charge is 0.353 e. The molecule has 0 unspecified atom stereocenters. The number of nitrogens with zero attached hydrogens (tertiary/aromatic N) is 2. The maximum atomic E-state index is 13.0. The molecule has 1 aromatic rings. The normalized spacial score (nSPS) is 20.2. The number of likely N-dealkylation sites (N-methyl/N-ethyl adjacent to an activating group) is 1. The second-order valence-corrected chi connectivity index (χ2v) is 8.20. The number of hydrogen-bond acceptors (Lipinski definition) is 4. The van der Waals surface area contributed by atoms with Crippen molar-refractivity contribution in [2.24, 2.45) is 0 Å². The van der Waals surface area contributed by atoms with E-state index in [0.29, 0.717) is 27.9 Å².